The highest BCUT2D eigenvalue weighted by atomic mass is 32.1. The molecule has 0 saturated heterocycles. The quantitative estimate of drug-likeness (QED) is 0.665. The van der Waals surface area contributed by atoms with Crippen molar-refractivity contribution in [3.8, 4) is 11.5 Å². The van der Waals surface area contributed by atoms with Gasteiger partial charge in [-0.2, -0.15) is 0 Å². The van der Waals surface area contributed by atoms with E-state index in [-0.39, 0.29) is 0 Å². The minimum Gasteiger partial charge on any atom is -0.490 e. The number of benzene rings is 1. The minimum absolute atomic E-state index is 0.664. The van der Waals surface area contributed by atoms with E-state index < -0.39 is 0 Å². The van der Waals surface area contributed by atoms with E-state index in [0.29, 0.717) is 19.8 Å². The first-order valence-corrected chi connectivity index (χ1v) is 8.70. The summed E-state index contributed by atoms with van der Waals surface area (Å²) in [6.45, 7) is 4.91. The third-order valence-corrected chi connectivity index (χ3v) is 4.19. The molecule has 122 valence electrons. The lowest BCUT2D eigenvalue weighted by Gasteiger charge is -2.13. The van der Waals surface area contributed by atoms with E-state index in [1.165, 1.54) is 4.88 Å². The summed E-state index contributed by atoms with van der Waals surface area (Å²) in [5, 5.41) is 8.64. The Balaban J connectivity index is 1.72. The summed E-state index contributed by atoms with van der Waals surface area (Å²) in [6.07, 6.45) is 0.905. The minimum atomic E-state index is 0.664. The maximum Gasteiger partial charge on any atom is 0.196 e. The molecule has 2 aromatic rings. The van der Waals surface area contributed by atoms with Gasteiger partial charge in [-0.15, -0.1) is 11.3 Å². The standard InChI is InChI=1S/C17H21N3O2S/c1-2-18-17(19-12-14-5-3-10-23-14)20-13-6-7-15-16(11-13)22-9-4-8-21-15/h3,5-7,10-11H,2,4,8-9,12H2,1H3,(H2,18,19,20). The maximum absolute atomic E-state index is 5.73. The predicted molar refractivity (Wildman–Crippen MR) is 94.8 cm³/mol. The Bertz CT molecular complexity index is 656. The first-order valence-electron chi connectivity index (χ1n) is 7.82. The van der Waals surface area contributed by atoms with Gasteiger partial charge in [-0.05, 0) is 30.5 Å². The molecule has 3 rings (SSSR count). The highest BCUT2D eigenvalue weighted by Crippen LogP contribution is 2.32. The SMILES string of the molecule is CCNC(=NCc1cccs1)Nc1ccc2c(c1)OCCCO2. The van der Waals surface area contributed by atoms with Crippen molar-refractivity contribution >= 4 is 23.0 Å². The molecule has 1 aromatic carbocycles. The van der Waals surface area contributed by atoms with Crippen molar-refractivity contribution < 1.29 is 9.47 Å². The third-order valence-electron chi connectivity index (χ3n) is 3.33. The van der Waals surface area contributed by atoms with E-state index in [0.717, 1.165) is 36.1 Å². The Labute approximate surface area is 140 Å². The van der Waals surface area contributed by atoms with Crippen LogP contribution in [0.1, 0.15) is 18.2 Å². The van der Waals surface area contributed by atoms with Crippen LogP contribution in [-0.2, 0) is 6.54 Å². The molecule has 0 spiro atoms. The van der Waals surface area contributed by atoms with Gasteiger partial charge in [-0.25, -0.2) is 4.99 Å². The fourth-order valence-electron chi connectivity index (χ4n) is 2.24. The molecule has 0 unspecified atom stereocenters. The number of aliphatic imine (C=N–C) groups is 1. The Morgan fingerprint density at radius 1 is 1.22 bits per heavy atom. The second kappa shape index (κ2) is 7.87. The Morgan fingerprint density at radius 3 is 2.87 bits per heavy atom. The van der Waals surface area contributed by atoms with Crippen LogP contribution in [-0.4, -0.2) is 25.7 Å². The zero-order chi connectivity index (χ0) is 15.9. The molecule has 0 amide bonds. The fourth-order valence-corrected chi connectivity index (χ4v) is 2.87. The molecule has 0 radical (unpaired) electrons. The predicted octanol–water partition coefficient (Wildman–Crippen LogP) is 3.49. The van der Waals surface area contributed by atoms with Gasteiger partial charge in [0.15, 0.2) is 17.5 Å². The normalized spacial score (nSPS) is 14.2. The van der Waals surface area contributed by atoms with Crippen LogP contribution in [0.25, 0.3) is 0 Å². The van der Waals surface area contributed by atoms with E-state index in [2.05, 4.69) is 34.0 Å². The van der Waals surface area contributed by atoms with Crippen molar-refractivity contribution in [2.45, 2.75) is 19.9 Å². The van der Waals surface area contributed by atoms with E-state index in [4.69, 9.17) is 9.47 Å². The van der Waals surface area contributed by atoms with Gasteiger partial charge in [-0.1, -0.05) is 6.07 Å². The molecule has 0 atom stereocenters. The number of hydrogen-bond donors (Lipinski definition) is 2. The number of rotatable bonds is 4. The highest BCUT2D eigenvalue weighted by molar-refractivity contribution is 7.09. The van der Waals surface area contributed by atoms with Gasteiger partial charge in [0.1, 0.15) is 0 Å². The average Bonchev–Trinajstić information content (AvgIpc) is 2.97. The van der Waals surface area contributed by atoms with Crippen LogP contribution in [0.15, 0.2) is 40.7 Å². The third kappa shape index (κ3) is 4.39. The molecule has 2 N–H and O–H groups in total. The summed E-state index contributed by atoms with van der Waals surface area (Å²) >= 11 is 1.71. The summed E-state index contributed by atoms with van der Waals surface area (Å²) < 4.78 is 11.4. The van der Waals surface area contributed by atoms with Crippen LogP contribution in [0.2, 0.25) is 0 Å². The molecule has 6 heteroatoms. The molecule has 0 saturated carbocycles. The van der Waals surface area contributed by atoms with E-state index in [1.54, 1.807) is 11.3 Å². The van der Waals surface area contributed by atoms with Crippen LogP contribution in [0.3, 0.4) is 0 Å². The van der Waals surface area contributed by atoms with Crippen molar-refractivity contribution in [3.63, 3.8) is 0 Å². The number of fused-ring (bicyclic) bond motifs is 1. The van der Waals surface area contributed by atoms with Gasteiger partial charge in [0, 0.05) is 29.6 Å². The molecule has 1 aliphatic rings. The summed E-state index contributed by atoms with van der Waals surface area (Å²) in [5.41, 5.74) is 0.931. The summed E-state index contributed by atoms with van der Waals surface area (Å²) in [5.74, 6) is 2.34. The zero-order valence-electron chi connectivity index (χ0n) is 13.2. The molecule has 2 heterocycles. The molecule has 1 aromatic heterocycles. The summed E-state index contributed by atoms with van der Waals surface area (Å²) in [4.78, 5) is 5.85. The summed E-state index contributed by atoms with van der Waals surface area (Å²) in [7, 11) is 0. The molecule has 23 heavy (non-hydrogen) atoms. The van der Waals surface area contributed by atoms with Gasteiger partial charge in [0.2, 0.25) is 0 Å². The van der Waals surface area contributed by atoms with Gasteiger partial charge in [0.05, 0.1) is 19.8 Å². The lowest BCUT2D eigenvalue weighted by molar-refractivity contribution is 0.297. The van der Waals surface area contributed by atoms with E-state index >= 15 is 0 Å². The number of ether oxygens (including phenoxy) is 2. The first kappa shape index (κ1) is 15.7. The average molecular weight is 331 g/mol. The second-order valence-corrected chi connectivity index (χ2v) is 6.14. The van der Waals surface area contributed by atoms with Gasteiger partial charge < -0.3 is 20.1 Å². The number of guanidine groups is 1. The van der Waals surface area contributed by atoms with Gasteiger partial charge in [-0.3, -0.25) is 0 Å². The maximum atomic E-state index is 5.73. The topological polar surface area (TPSA) is 54.9 Å². The molecular weight excluding hydrogens is 310 g/mol. The van der Waals surface area contributed by atoms with Gasteiger partial charge in [0.25, 0.3) is 0 Å². The zero-order valence-corrected chi connectivity index (χ0v) is 14.0. The highest BCUT2D eigenvalue weighted by Gasteiger charge is 2.11. The molecule has 0 fully saturated rings. The molecule has 5 nitrogen and oxygen atoms in total. The van der Waals surface area contributed by atoms with Crippen LogP contribution >= 0.6 is 11.3 Å². The van der Waals surface area contributed by atoms with Crippen LogP contribution in [0.4, 0.5) is 5.69 Å². The molecular formula is C17H21N3O2S. The lowest BCUT2D eigenvalue weighted by atomic mass is 10.3. The number of anilines is 1. The van der Waals surface area contributed by atoms with Crippen molar-refractivity contribution in [1.82, 2.24) is 5.32 Å². The van der Waals surface area contributed by atoms with Crippen molar-refractivity contribution in [2.75, 3.05) is 25.1 Å². The number of nitrogens with one attached hydrogen (secondary N) is 2. The first-order chi connectivity index (χ1) is 11.3. The Morgan fingerprint density at radius 2 is 2.09 bits per heavy atom. The number of hydrogen-bond acceptors (Lipinski definition) is 4. The fraction of sp³-hybridized carbons (Fsp3) is 0.353. The lowest BCUT2D eigenvalue weighted by Crippen LogP contribution is -2.30. The molecule has 0 aliphatic carbocycles. The van der Waals surface area contributed by atoms with Crippen molar-refractivity contribution in [2.24, 2.45) is 4.99 Å². The van der Waals surface area contributed by atoms with Crippen molar-refractivity contribution in [3.05, 3.63) is 40.6 Å². The van der Waals surface area contributed by atoms with Crippen LogP contribution in [0.5, 0.6) is 11.5 Å². The largest absolute Gasteiger partial charge is 0.490 e. The molecule has 0 bridgehead atoms. The van der Waals surface area contributed by atoms with E-state index in [9.17, 15) is 0 Å². The smallest absolute Gasteiger partial charge is 0.196 e. The van der Waals surface area contributed by atoms with Crippen LogP contribution < -0.4 is 20.1 Å². The Kier molecular flexibility index (Phi) is 5.37. The number of thiophene rings is 1. The van der Waals surface area contributed by atoms with E-state index in [1.807, 2.05) is 24.3 Å². The monoisotopic (exact) mass is 331 g/mol. The van der Waals surface area contributed by atoms with Crippen LogP contribution in [0, 0.1) is 0 Å². The second-order valence-electron chi connectivity index (χ2n) is 5.11. The molecule has 1 aliphatic heterocycles. The summed E-state index contributed by atoms with van der Waals surface area (Å²) in [6, 6.07) is 10.0. The Hall–Kier alpha value is -2.21. The van der Waals surface area contributed by atoms with Gasteiger partial charge >= 0.3 is 0 Å². The number of nitrogens with zero attached hydrogens (tertiary/aromatic N) is 1. The van der Waals surface area contributed by atoms with Crippen molar-refractivity contribution in [1.29, 1.82) is 0 Å².